The molecule has 0 fully saturated rings. The number of hydrogen-bond donors (Lipinski definition) is 2. The number of rotatable bonds is 6. The minimum atomic E-state index is -0.0288. The van der Waals surface area contributed by atoms with E-state index >= 15 is 0 Å². The van der Waals surface area contributed by atoms with E-state index in [1.807, 2.05) is 38.2 Å². The van der Waals surface area contributed by atoms with Crippen LogP contribution in [0.25, 0.3) is 10.9 Å². The second-order valence-corrected chi connectivity index (χ2v) is 6.71. The zero-order valence-corrected chi connectivity index (χ0v) is 18.7. The standard InChI is InChI=1S/C14H22N2O.C8H8N2.C2H6/c1-4-10-16(5-2)11-13-6-8-14(9-7-13)15-12(3)17;1-6-2-3-8-7(4-6)5-9-10-8;1-2/h6-9H,4-5,10-11H2,1-3H3,(H,15,17);2-5H,1H3,(H,9,10);1-2H3. The minimum absolute atomic E-state index is 0.0288. The summed E-state index contributed by atoms with van der Waals surface area (Å²) in [6.45, 7) is 15.2. The Bertz CT molecular complexity index is 839. The van der Waals surface area contributed by atoms with E-state index in [0.717, 1.165) is 30.8 Å². The van der Waals surface area contributed by atoms with Crippen molar-refractivity contribution in [2.24, 2.45) is 0 Å². The number of benzene rings is 2. The molecule has 3 aromatic rings. The number of anilines is 1. The molecule has 5 heteroatoms. The lowest BCUT2D eigenvalue weighted by Crippen LogP contribution is -2.23. The average Bonchev–Trinajstić information content (AvgIpc) is 3.18. The Morgan fingerprint density at radius 1 is 1.10 bits per heavy atom. The van der Waals surface area contributed by atoms with Gasteiger partial charge in [-0.3, -0.25) is 14.8 Å². The third-order valence-electron chi connectivity index (χ3n) is 4.26. The highest BCUT2D eigenvalue weighted by Crippen LogP contribution is 2.12. The van der Waals surface area contributed by atoms with Crippen molar-refractivity contribution in [3.8, 4) is 0 Å². The van der Waals surface area contributed by atoms with Gasteiger partial charge in [0, 0.05) is 24.5 Å². The fourth-order valence-electron chi connectivity index (χ4n) is 2.88. The van der Waals surface area contributed by atoms with Crippen molar-refractivity contribution in [3.05, 3.63) is 59.8 Å². The summed E-state index contributed by atoms with van der Waals surface area (Å²) in [6, 6.07) is 14.3. The van der Waals surface area contributed by atoms with Crippen LogP contribution in [0.5, 0.6) is 0 Å². The molecule has 0 radical (unpaired) electrons. The Hall–Kier alpha value is -2.66. The molecule has 0 saturated heterocycles. The highest BCUT2D eigenvalue weighted by molar-refractivity contribution is 5.88. The number of hydrogen-bond acceptors (Lipinski definition) is 3. The molecule has 0 aliphatic rings. The second-order valence-electron chi connectivity index (χ2n) is 6.71. The van der Waals surface area contributed by atoms with Gasteiger partial charge in [0.25, 0.3) is 0 Å². The summed E-state index contributed by atoms with van der Waals surface area (Å²) in [5.41, 5.74) is 4.52. The largest absolute Gasteiger partial charge is 0.326 e. The highest BCUT2D eigenvalue weighted by atomic mass is 16.1. The van der Waals surface area contributed by atoms with Crippen LogP contribution in [-0.2, 0) is 11.3 Å². The number of fused-ring (bicyclic) bond motifs is 1. The van der Waals surface area contributed by atoms with Gasteiger partial charge in [-0.25, -0.2) is 0 Å². The zero-order chi connectivity index (χ0) is 21.6. The minimum Gasteiger partial charge on any atom is -0.326 e. The van der Waals surface area contributed by atoms with Crippen molar-refractivity contribution in [2.45, 2.75) is 54.5 Å². The molecular formula is C24H36N4O. The summed E-state index contributed by atoms with van der Waals surface area (Å²) in [5.74, 6) is -0.0288. The Morgan fingerprint density at radius 3 is 2.38 bits per heavy atom. The summed E-state index contributed by atoms with van der Waals surface area (Å²) in [4.78, 5) is 13.3. The van der Waals surface area contributed by atoms with Gasteiger partial charge >= 0.3 is 0 Å². The molecule has 0 bridgehead atoms. The number of carbonyl (C=O) groups excluding carboxylic acids is 1. The van der Waals surface area contributed by atoms with Gasteiger partial charge in [-0.1, -0.05) is 51.5 Å². The van der Waals surface area contributed by atoms with Gasteiger partial charge in [0.15, 0.2) is 0 Å². The normalized spacial score (nSPS) is 10.0. The van der Waals surface area contributed by atoms with Gasteiger partial charge in [-0.15, -0.1) is 0 Å². The molecular weight excluding hydrogens is 360 g/mol. The van der Waals surface area contributed by atoms with E-state index < -0.39 is 0 Å². The molecule has 158 valence electrons. The number of aryl methyl sites for hydroxylation is 1. The fraction of sp³-hybridized carbons (Fsp3) is 0.417. The van der Waals surface area contributed by atoms with Gasteiger partial charge in [0.05, 0.1) is 11.7 Å². The first-order valence-electron chi connectivity index (χ1n) is 10.5. The van der Waals surface area contributed by atoms with E-state index in [0.29, 0.717) is 0 Å². The van der Waals surface area contributed by atoms with Crippen LogP contribution >= 0.6 is 0 Å². The molecule has 0 saturated carbocycles. The SMILES string of the molecule is CC.CCCN(CC)Cc1ccc(NC(C)=O)cc1.Cc1ccc2[nH]ncc2c1. The molecule has 1 heterocycles. The van der Waals surface area contributed by atoms with Crippen LogP contribution < -0.4 is 5.32 Å². The lowest BCUT2D eigenvalue weighted by molar-refractivity contribution is -0.114. The number of nitrogens with zero attached hydrogens (tertiary/aromatic N) is 2. The molecule has 0 spiro atoms. The van der Waals surface area contributed by atoms with Crippen LogP contribution in [-0.4, -0.2) is 34.1 Å². The smallest absolute Gasteiger partial charge is 0.221 e. The molecule has 2 aromatic carbocycles. The van der Waals surface area contributed by atoms with Gasteiger partial charge in [-0.05, 0) is 56.3 Å². The molecule has 5 nitrogen and oxygen atoms in total. The highest BCUT2D eigenvalue weighted by Gasteiger charge is 2.02. The topological polar surface area (TPSA) is 61.0 Å². The van der Waals surface area contributed by atoms with Crippen LogP contribution in [0.4, 0.5) is 5.69 Å². The second kappa shape index (κ2) is 13.5. The van der Waals surface area contributed by atoms with E-state index in [9.17, 15) is 4.79 Å². The summed E-state index contributed by atoms with van der Waals surface area (Å²) in [7, 11) is 0. The first kappa shape index (κ1) is 24.4. The van der Waals surface area contributed by atoms with Gasteiger partial charge in [0.1, 0.15) is 0 Å². The molecule has 3 rings (SSSR count). The lowest BCUT2D eigenvalue weighted by Gasteiger charge is -2.19. The first-order valence-corrected chi connectivity index (χ1v) is 10.5. The summed E-state index contributed by atoms with van der Waals surface area (Å²) in [6.07, 6.45) is 3.01. The predicted molar refractivity (Wildman–Crippen MR) is 124 cm³/mol. The van der Waals surface area contributed by atoms with Crippen molar-refractivity contribution in [1.82, 2.24) is 15.1 Å². The van der Waals surface area contributed by atoms with Crippen molar-refractivity contribution in [2.75, 3.05) is 18.4 Å². The van der Waals surface area contributed by atoms with E-state index in [1.165, 1.54) is 29.9 Å². The maximum Gasteiger partial charge on any atom is 0.221 e. The van der Waals surface area contributed by atoms with Gasteiger partial charge in [0.2, 0.25) is 5.91 Å². The van der Waals surface area contributed by atoms with Crippen molar-refractivity contribution >= 4 is 22.5 Å². The maximum atomic E-state index is 10.9. The quantitative estimate of drug-likeness (QED) is 0.555. The predicted octanol–water partition coefficient (Wildman–Crippen LogP) is 5.77. The molecule has 0 aliphatic heterocycles. The third kappa shape index (κ3) is 8.92. The van der Waals surface area contributed by atoms with Crippen LogP contribution in [0.1, 0.15) is 52.2 Å². The Balaban J connectivity index is 0.000000295. The summed E-state index contributed by atoms with van der Waals surface area (Å²) < 4.78 is 0. The molecule has 0 unspecified atom stereocenters. The number of aromatic amines is 1. The van der Waals surface area contributed by atoms with Crippen molar-refractivity contribution in [1.29, 1.82) is 0 Å². The van der Waals surface area contributed by atoms with E-state index in [1.54, 1.807) is 0 Å². The van der Waals surface area contributed by atoms with E-state index in [2.05, 4.69) is 65.5 Å². The van der Waals surface area contributed by atoms with E-state index in [4.69, 9.17) is 0 Å². The number of amides is 1. The molecule has 29 heavy (non-hydrogen) atoms. The lowest BCUT2D eigenvalue weighted by atomic mass is 10.2. The van der Waals surface area contributed by atoms with Crippen LogP contribution in [0.2, 0.25) is 0 Å². The Labute approximate surface area is 175 Å². The third-order valence-corrected chi connectivity index (χ3v) is 4.26. The van der Waals surface area contributed by atoms with Crippen molar-refractivity contribution in [3.63, 3.8) is 0 Å². The van der Waals surface area contributed by atoms with E-state index in [-0.39, 0.29) is 5.91 Å². The molecule has 1 amide bonds. The molecule has 0 atom stereocenters. The van der Waals surface area contributed by atoms with Crippen LogP contribution in [0.3, 0.4) is 0 Å². The van der Waals surface area contributed by atoms with Crippen LogP contribution in [0.15, 0.2) is 48.7 Å². The zero-order valence-electron chi connectivity index (χ0n) is 18.7. The number of nitrogens with one attached hydrogen (secondary N) is 2. The number of H-pyrrole nitrogens is 1. The Morgan fingerprint density at radius 2 is 1.79 bits per heavy atom. The molecule has 1 aromatic heterocycles. The maximum absolute atomic E-state index is 10.9. The first-order chi connectivity index (χ1) is 14.0. The summed E-state index contributed by atoms with van der Waals surface area (Å²) in [5, 5.41) is 10.8. The van der Waals surface area contributed by atoms with Crippen molar-refractivity contribution < 1.29 is 4.79 Å². The fourth-order valence-corrected chi connectivity index (χ4v) is 2.88. The summed E-state index contributed by atoms with van der Waals surface area (Å²) >= 11 is 0. The number of carbonyl (C=O) groups is 1. The Kier molecular flexibility index (Phi) is 11.4. The average molecular weight is 397 g/mol. The molecule has 0 aliphatic carbocycles. The van der Waals surface area contributed by atoms with Gasteiger partial charge < -0.3 is 5.32 Å². The number of aromatic nitrogens is 2. The van der Waals surface area contributed by atoms with Gasteiger partial charge in [-0.2, -0.15) is 5.10 Å². The monoisotopic (exact) mass is 396 g/mol. The molecule has 2 N–H and O–H groups in total. The van der Waals surface area contributed by atoms with Crippen LogP contribution in [0, 0.1) is 6.92 Å².